The third-order valence-electron chi connectivity index (χ3n) is 2.61. The summed E-state index contributed by atoms with van der Waals surface area (Å²) in [5, 5.41) is 0. The van der Waals surface area contributed by atoms with Crippen LogP contribution in [0.2, 0.25) is 0 Å². The van der Waals surface area contributed by atoms with Crippen LogP contribution < -0.4 is 5.73 Å². The molecule has 1 heterocycles. The maximum atomic E-state index is 12.4. The molecule has 112 valence electrons. The van der Waals surface area contributed by atoms with Crippen molar-refractivity contribution in [2.45, 2.75) is 18.5 Å². The maximum absolute atomic E-state index is 12.4. The lowest BCUT2D eigenvalue weighted by atomic mass is 10.1. The van der Waals surface area contributed by atoms with E-state index in [1.54, 1.807) is 0 Å². The van der Waals surface area contributed by atoms with Gasteiger partial charge in [-0.25, -0.2) is 0 Å². The van der Waals surface area contributed by atoms with Gasteiger partial charge in [-0.05, 0) is 0 Å². The second-order valence-electron chi connectivity index (χ2n) is 4.03. The summed E-state index contributed by atoms with van der Waals surface area (Å²) in [7, 11) is 0. The highest BCUT2D eigenvalue weighted by atomic mass is 19.4. The quantitative estimate of drug-likeness (QED) is 0.770. The number of halogens is 6. The van der Waals surface area contributed by atoms with Gasteiger partial charge in [0, 0.05) is 19.6 Å². The van der Waals surface area contributed by atoms with E-state index >= 15 is 0 Å². The Morgan fingerprint density at radius 1 is 1.26 bits per heavy atom. The van der Waals surface area contributed by atoms with Crippen molar-refractivity contribution in [1.82, 2.24) is 4.90 Å². The highest BCUT2D eigenvalue weighted by Gasteiger charge is 2.62. The van der Waals surface area contributed by atoms with Gasteiger partial charge in [-0.15, -0.1) is 0 Å². The predicted octanol–water partition coefficient (Wildman–Crippen LogP) is 0.913. The minimum absolute atomic E-state index is 0.0908. The molecule has 0 bridgehead atoms. The molecule has 1 atom stereocenters. The molecule has 4 nitrogen and oxygen atoms in total. The Bertz CT molecular complexity index is 316. The van der Waals surface area contributed by atoms with E-state index in [4.69, 9.17) is 10.5 Å². The van der Waals surface area contributed by atoms with E-state index in [9.17, 15) is 31.1 Å². The summed E-state index contributed by atoms with van der Waals surface area (Å²) in [5.41, 5.74) is 5.21. The average Bonchev–Trinajstić information content (AvgIpc) is 2.25. The first kappa shape index (κ1) is 16.0. The predicted molar refractivity (Wildman–Crippen MR) is 51.0 cm³/mol. The van der Waals surface area contributed by atoms with Gasteiger partial charge in [0.2, 0.25) is 11.8 Å². The Morgan fingerprint density at radius 3 is 2.21 bits per heavy atom. The van der Waals surface area contributed by atoms with Crippen LogP contribution in [0, 0.1) is 5.92 Å². The first-order chi connectivity index (χ1) is 8.57. The largest absolute Gasteiger partial charge is 0.409 e. The molecule has 2 N–H and O–H groups in total. The molecule has 0 saturated carbocycles. The summed E-state index contributed by atoms with van der Waals surface area (Å²) in [6.45, 7) is -0.932. The van der Waals surface area contributed by atoms with Crippen LogP contribution in [0.25, 0.3) is 0 Å². The molecule has 1 aliphatic heterocycles. The highest BCUT2D eigenvalue weighted by Crippen LogP contribution is 2.40. The molecule has 0 aromatic carbocycles. The highest BCUT2D eigenvalue weighted by molar-refractivity contribution is 5.80. The molecule has 19 heavy (non-hydrogen) atoms. The fourth-order valence-corrected chi connectivity index (χ4v) is 1.71. The number of alkyl halides is 6. The molecule has 1 fully saturated rings. The molecule has 10 heteroatoms. The van der Waals surface area contributed by atoms with Gasteiger partial charge in [0.25, 0.3) is 0 Å². The zero-order valence-corrected chi connectivity index (χ0v) is 9.59. The van der Waals surface area contributed by atoms with Crippen molar-refractivity contribution in [3.63, 3.8) is 0 Å². The molecule has 1 saturated heterocycles. The number of nitrogens with two attached hydrogens (primary N) is 1. The molecule has 1 unspecified atom stereocenters. The molecule has 1 rings (SSSR count). The summed E-state index contributed by atoms with van der Waals surface area (Å²) in [6, 6.07) is 0. The van der Waals surface area contributed by atoms with E-state index in [2.05, 4.69) is 0 Å². The van der Waals surface area contributed by atoms with Crippen LogP contribution in [0.4, 0.5) is 26.3 Å². The van der Waals surface area contributed by atoms with E-state index in [-0.39, 0.29) is 26.2 Å². The van der Waals surface area contributed by atoms with Crippen molar-refractivity contribution in [2.24, 2.45) is 11.7 Å². The normalized spacial score (nSPS) is 21.9. The Kier molecular flexibility index (Phi) is 4.67. The van der Waals surface area contributed by atoms with E-state index in [1.165, 1.54) is 0 Å². The smallest absolute Gasteiger partial charge is 0.373 e. The van der Waals surface area contributed by atoms with Gasteiger partial charge < -0.3 is 15.4 Å². The molecular formula is C9H12F6N2O2. The van der Waals surface area contributed by atoms with Gasteiger partial charge in [0.1, 0.15) is 0 Å². The summed E-state index contributed by atoms with van der Waals surface area (Å²) in [5.74, 6) is -6.02. The van der Waals surface area contributed by atoms with Crippen molar-refractivity contribution in [1.29, 1.82) is 0 Å². The lowest BCUT2D eigenvalue weighted by Gasteiger charge is -2.35. The summed E-state index contributed by atoms with van der Waals surface area (Å²) >= 11 is 0. The fraction of sp³-hybridized carbons (Fsp3) is 0.889. The lowest BCUT2D eigenvalue weighted by Crippen LogP contribution is -2.55. The Labute approximate surface area is 104 Å². The van der Waals surface area contributed by atoms with Crippen molar-refractivity contribution in [2.75, 3.05) is 26.2 Å². The molecule has 1 aliphatic rings. The van der Waals surface area contributed by atoms with E-state index in [0.29, 0.717) is 4.90 Å². The summed E-state index contributed by atoms with van der Waals surface area (Å²) in [4.78, 5) is 11.9. The topological polar surface area (TPSA) is 55.6 Å². The van der Waals surface area contributed by atoms with Crippen molar-refractivity contribution in [3.05, 3.63) is 0 Å². The second kappa shape index (κ2) is 5.53. The SMILES string of the molecule is NCC1CN(C(=O)C(C(F)(F)F)C(F)(F)F)CCO1. The number of rotatable bonds is 2. The van der Waals surface area contributed by atoms with Crippen LogP contribution in [0.15, 0.2) is 0 Å². The molecule has 0 aromatic heterocycles. The molecule has 1 amide bonds. The van der Waals surface area contributed by atoms with Crippen molar-refractivity contribution < 1.29 is 35.9 Å². The van der Waals surface area contributed by atoms with Crippen LogP contribution in [-0.2, 0) is 9.53 Å². The number of nitrogens with zero attached hydrogens (tertiary/aromatic N) is 1. The van der Waals surface area contributed by atoms with Gasteiger partial charge >= 0.3 is 12.4 Å². The molecule has 0 aromatic rings. The minimum atomic E-state index is -5.67. The summed E-state index contributed by atoms with van der Waals surface area (Å²) in [6.07, 6.45) is -12.1. The minimum Gasteiger partial charge on any atom is -0.373 e. The second-order valence-corrected chi connectivity index (χ2v) is 4.03. The number of morpholine rings is 1. The number of carbonyl (C=O) groups excluding carboxylic acids is 1. The first-order valence-electron chi connectivity index (χ1n) is 5.31. The van der Waals surface area contributed by atoms with Crippen LogP contribution >= 0.6 is 0 Å². The molecule has 0 aliphatic carbocycles. The maximum Gasteiger partial charge on any atom is 0.409 e. The number of hydrogen-bond donors (Lipinski definition) is 1. The van der Waals surface area contributed by atoms with Gasteiger partial charge in [-0.3, -0.25) is 4.79 Å². The van der Waals surface area contributed by atoms with E-state index < -0.39 is 30.3 Å². The van der Waals surface area contributed by atoms with Crippen molar-refractivity contribution in [3.8, 4) is 0 Å². The molecule has 0 spiro atoms. The Balaban J connectivity index is 2.88. The lowest BCUT2D eigenvalue weighted by molar-refractivity contribution is -0.278. The van der Waals surface area contributed by atoms with Crippen LogP contribution in [0.5, 0.6) is 0 Å². The van der Waals surface area contributed by atoms with E-state index in [1.807, 2.05) is 0 Å². The number of hydrogen-bond acceptors (Lipinski definition) is 3. The zero-order valence-electron chi connectivity index (χ0n) is 9.59. The first-order valence-corrected chi connectivity index (χ1v) is 5.31. The van der Waals surface area contributed by atoms with Gasteiger partial charge in [0.15, 0.2) is 0 Å². The standard InChI is InChI=1S/C9H12F6N2O2/c10-8(11,12)6(9(13,14)15)7(18)17-1-2-19-5(3-16)4-17/h5-6H,1-4,16H2. The third kappa shape index (κ3) is 3.96. The van der Waals surface area contributed by atoms with Crippen LogP contribution in [-0.4, -0.2) is 55.5 Å². The van der Waals surface area contributed by atoms with Crippen LogP contribution in [0.1, 0.15) is 0 Å². The van der Waals surface area contributed by atoms with Crippen LogP contribution in [0.3, 0.4) is 0 Å². The van der Waals surface area contributed by atoms with Gasteiger partial charge in [-0.2, -0.15) is 26.3 Å². The molecular weight excluding hydrogens is 282 g/mol. The summed E-state index contributed by atoms with van der Waals surface area (Å²) < 4.78 is 79.2. The van der Waals surface area contributed by atoms with E-state index in [0.717, 1.165) is 0 Å². The van der Waals surface area contributed by atoms with Gasteiger partial charge in [-0.1, -0.05) is 0 Å². The number of carbonyl (C=O) groups is 1. The Morgan fingerprint density at radius 2 is 1.79 bits per heavy atom. The van der Waals surface area contributed by atoms with Gasteiger partial charge in [0.05, 0.1) is 12.7 Å². The molecule has 0 radical (unpaired) electrons. The average molecular weight is 294 g/mol. The zero-order chi connectivity index (χ0) is 14.8. The Hall–Kier alpha value is -1.03. The fourth-order valence-electron chi connectivity index (χ4n) is 1.71. The number of amides is 1. The monoisotopic (exact) mass is 294 g/mol. The number of ether oxygens (including phenoxy) is 1. The third-order valence-corrected chi connectivity index (χ3v) is 2.61. The van der Waals surface area contributed by atoms with Crippen molar-refractivity contribution >= 4 is 5.91 Å².